The van der Waals surface area contributed by atoms with Crippen molar-refractivity contribution in [3.8, 4) is 0 Å². The molecule has 8 nitrogen and oxygen atoms in total. The van der Waals surface area contributed by atoms with Gasteiger partial charge in [-0.15, -0.1) is 0 Å². The van der Waals surface area contributed by atoms with Gasteiger partial charge in [0.1, 0.15) is 17.8 Å². The molecule has 2 aliphatic heterocycles. The molecule has 1 aromatic heterocycles. The average Bonchev–Trinajstić information content (AvgIpc) is 2.69. The highest BCUT2D eigenvalue weighted by Gasteiger charge is 2.25. The maximum absolute atomic E-state index is 12.6. The molecule has 2 aliphatic rings. The lowest BCUT2D eigenvalue weighted by molar-refractivity contribution is 0.0856. The predicted molar refractivity (Wildman–Crippen MR) is 102 cm³/mol. The Morgan fingerprint density at radius 1 is 1.15 bits per heavy atom. The molecule has 2 fully saturated rings. The van der Waals surface area contributed by atoms with Crippen molar-refractivity contribution in [3.05, 3.63) is 18.1 Å². The molecular weight excluding hydrogens is 346 g/mol. The number of hydrogen-bond donors (Lipinski definition) is 1. The van der Waals surface area contributed by atoms with Crippen molar-refractivity contribution < 1.29 is 14.3 Å². The average molecular weight is 375 g/mol. The summed E-state index contributed by atoms with van der Waals surface area (Å²) in [7, 11) is 0. The summed E-state index contributed by atoms with van der Waals surface area (Å²) in [6.07, 6.45) is 4.90. The zero-order chi connectivity index (χ0) is 19.2. The van der Waals surface area contributed by atoms with Gasteiger partial charge in [-0.1, -0.05) is 6.92 Å². The number of amides is 2. The molecule has 0 saturated carbocycles. The summed E-state index contributed by atoms with van der Waals surface area (Å²) in [6, 6.07) is 1.82. The van der Waals surface area contributed by atoms with Crippen LogP contribution in [0.25, 0.3) is 0 Å². The molecule has 8 heteroatoms. The first kappa shape index (κ1) is 19.4. The lowest BCUT2D eigenvalue weighted by Crippen LogP contribution is -2.46. The Balaban J connectivity index is 1.53. The Morgan fingerprint density at radius 2 is 1.85 bits per heavy atom. The first-order valence-electron chi connectivity index (χ1n) is 9.86. The molecule has 0 atom stereocenters. The van der Waals surface area contributed by atoms with Crippen molar-refractivity contribution in [1.29, 1.82) is 0 Å². The molecule has 148 valence electrons. The fourth-order valence-electron chi connectivity index (χ4n) is 3.56. The molecule has 1 aromatic rings. The molecule has 0 radical (unpaired) electrons. The minimum absolute atomic E-state index is 0.0393. The number of anilines is 1. The summed E-state index contributed by atoms with van der Waals surface area (Å²) in [5.74, 6) is 1.38. The first-order chi connectivity index (χ1) is 13.1. The maximum Gasteiger partial charge on any atom is 0.409 e. The van der Waals surface area contributed by atoms with Crippen LogP contribution in [0.1, 0.15) is 50.0 Å². The number of likely N-dealkylation sites (tertiary alicyclic amines) is 1. The fourth-order valence-corrected chi connectivity index (χ4v) is 3.56. The van der Waals surface area contributed by atoms with Gasteiger partial charge in [-0.2, -0.15) is 0 Å². The first-order valence-corrected chi connectivity index (χ1v) is 9.86. The quantitative estimate of drug-likeness (QED) is 0.867. The highest BCUT2D eigenvalue weighted by molar-refractivity contribution is 5.93. The van der Waals surface area contributed by atoms with Crippen LogP contribution in [0.2, 0.25) is 0 Å². The van der Waals surface area contributed by atoms with Crippen LogP contribution in [-0.2, 0) is 4.74 Å². The van der Waals surface area contributed by atoms with Gasteiger partial charge in [-0.3, -0.25) is 4.79 Å². The number of hydrogen-bond acceptors (Lipinski definition) is 6. The highest BCUT2D eigenvalue weighted by Crippen LogP contribution is 2.21. The molecule has 0 spiro atoms. The Kier molecular flexibility index (Phi) is 6.47. The maximum atomic E-state index is 12.6. The van der Waals surface area contributed by atoms with Gasteiger partial charge in [0.15, 0.2) is 0 Å². The summed E-state index contributed by atoms with van der Waals surface area (Å²) < 4.78 is 5.02. The second-order valence-electron chi connectivity index (χ2n) is 7.36. The van der Waals surface area contributed by atoms with Gasteiger partial charge < -0.3 is 19.9 Å². The number of rotatable bonds is 4. The van der Waals surface area contributed by atoms with Gasteiger partial charge in [0, 0.05) is 38.3 Å². The third-order valence-electron chi connectivity index (χ3n) is 5.35. The second kappa shape index (κ2) is 9.01. The van der Waals surface area contributed by atoms with Gasteiger partial charge >= 0.3 is 6.09 Å². The van der Waals surface area contributed by atoms with E-state index in [9.17, 15) is 9.59 Å². The monoisotopic (exact) mass is 375 g/mol. The van der Waals surface area contributed by atoms with Gasteiger partial charge in [0.05, 0.1) is 6.61 Å². The number of piperidine rings is 2. The van der Waals surface area contributed by atoms with Crippen LogP contribution in [0.15, 0.2) is 12.4 Å². The molecule has 1 N–H and O–H groups in total. The molecule has 2 saturated heterocycles. The normalized spacial score (nSPS) is 19.0. The van der Waals surface area contributed by atoms with E-state index >= 15 is 0 Å². The lowest BCUT2D eigenvalue weighted by Gasteiger charge is -2.32. The molecule has 0 aromatic carbocycles. The Bertz CT molecular complexity index is 653. The summed E-state index contributed by atoms with van der Waals surface area (Å²) >= 11 is 0. The van der Waals surface area contributed by atoms with Crippen LogP contribution in [0.5, 0.6) is 0 Å². The van der Waals surface area contributed by atoms with E-state index in [1.54, 1.807) is 17.9 Å². The minimum Gasteiger partial charge on any atom is -0.450 e. The molecule has 3 rings (SSSR count). The minimum atomic E-state index is -0.279. The van der Waals surface area contributed by atoms with Crippen molar-refractivity contribution in [2.75, 3.05) is 37.7 Å². The van der Waals surface area contributed by atoms with E-state index < -0.39 is 0 Å². The predicted octanol–water partition coefficient (Wildman–Crippen LogP) is 2.06. The zero-order valence-electron chi connectivity index (χ0n) is 16.2. The van der Waals surface area contributed by atoms with Crippen molar-refractivity contribution in [3.63, 3.8) is 0 Å². The largest absolute Gasteiger partial charge is 0.450 e. The van der Waals surface area contributed by atoms with Crippen molar-refractivity contribution in [1.82, 2.24) is 20.2 Å². The number of carbonyl (C=O) groups excluding carboxylic acids is 2. The van der Waals surface area contributed by atoms with E-state index in [4.69, 9.17) is 4.74 Å². The van der Waals surface area contributed by atoms with Crippen LogP contribution >= 0.6 is 0 Å². The van der Waals surface area contributed by atoms with E-state index in [0.29, 0.717) is 38.2 Å². The SMILES string of the molecule is CCOC(=O)N1CCC(NC(=O)c2cc(N3CCC(C)CC3)ncn2)CC1. The second-order valence-corrected chi connectivity index (χ2v) is 7.36. The molecule has 0 unspecified atom stereocenters. The molecular formula is C19H29N5O3. The number of carbonyl (C=O) groups is 2. The molecule has 0 bridgehead atoms. The summed E-state index contributed by atoms with van der Waals surface area (Å²) in [4.78, 5) is 36.7. The van der Waals surface area contributed by atoms with Crippen LogP contribution in [-0.4, -0.2) is 65.7 Å². The lowest BCUT2D eigenvalue weighted by atomic mass is 9.99. The van der Waals surface area contributed by atoms with Gasteiger partial charge in [0.2, 0.25) is 0 Å². The smallest absolute Gasteiger partial charge is 0.409 e. The summed E-state index contributed by atoms with van der Waals surface area (Å²) in [5, 5.41) is 3.04. The van der Waals surface area contributed by atoms with Gasteiger partial charge in [0.25, 0.3) is 5.91 Å². The number of nitrogens with zero attached hydrogens (tertiary/aromatic N) is 4. The van der Waals surface area contributed by atoms with Crippen LogP contribution < -0.4 is 10.2 Å². The Labute approximate surface area is 160 Å². The third-order valence-corrected chi connectivity index (χ3v) is 5.35. The summed E-state index contributed by atoms with van der Waals surface area (Å²) in [5.41, 5.74) is 0.395. The van der Waals surface area contributed by atoms with Crippen LogP contribution in [0.3, 0.4) is 0 Å². The van der Waals surface area contributed by atoms with E-state index in [0.717, 1.165) is 37.7 Å². The fraction of sp³-hybridized carbons (Fsp3) is 0.684. The number of aromatic nitrogens is 2. The van der Waals surface area contributed by atoms with E-state index in [1.165, 1.54) is 6.33 Å². The van der Waals surface area contributed by atoms with Crippen molar-refractivity contribution in [2.45, 2.75) is 45.6 Å². The summed E-state index contributed by atoms with van der Waals surface area (Å²) in [6.45, 7) is 7.54. The molecule has 2 amide bonds. The topological polar surface area (TPSA) is 87.7 Å². The Morgan fingerprint density at radius 3 is 2.52 bits per heavy atom. The van der Waals surface area contributed by atoms with E-state index in [-0.39, 0.29) is 18.0 Å². The van der Waals surface area contributed by atoms with E-state index in [1.807, 2.05) is 0 Å². The van der Waals surface area contributed by atoms with Crippen molar-refractivity contribution in [2.24, 2.45) is 5.92 Å². The van der Waals surface area contributed by atoms with E-state index in [2.05, 4.69) is 27.1 Å². The molecule has 3 heterocycles. The van der Waals surface area contributed by atoms with Crippen molar-refractivity contribution >= 4 is 17.8 Å². The third kappa shape index (κ3) is 5.08. The molecule has 0 aliphatic carbocycles. The van der Waals surface area contributed by atoms with Gasteiger partial charge in [-0.05, 0) is 38.5 Å². The molecule has 27 heavy (non-hydrogen) atoms. The number of nitrogens with one attached hydrogen (secondary N) is 1. The van der Waals surface area contributed by atoms with Gasteiger partial charge in [-0.25, -0.2) is 14.8 Å². The standard InChI is InChI=1S/C19H29N5O3/c1-3-27-19(26)24-10-6-15(7-11-24)22-18(25)16-12-17(21-13-20-16)23-8-4-14(2)5-9-23/h12-15H,3-11H2,1-2H3,(H,22,25). The van der Waals surface area contributed by atoms with Crippen LogP contribution in [0.4, 0.5) is 10.6 Å². The number of ether oxygens (including phenoxy) is 1. The zero-order valence-corrected chi connectivity index (χ0v) is 16.2. The van der Waals surface area contributed by atoms with Crippen LogP contribution in [0, 0.1) is 5.92 Å². The Hall–Kier alpha value is -2.38. The highest BCUT2D eigenvalue weighted by atomic mass is 16.6.